The van der Waals surface area contributed by atoms with Crippen molar-refractivity contribution >= 4 is 27.6 Å². The number of nitrogens with one attached hydrogen (secondary N) is 1. The van der Waals surface area contributed by atoms with Crippen molar-refractivity contribution in [2.45, 2.75) is 0 Å². The van der Waals surface area contributed by atoms with Crippen LogP contribution in [0.25, 0.3) is 55.3 Å². The number of likely N-dealkylation sites (N-methyl/N-ethyl adjacent to an activating group) is 1. The van der Waals surface area contributed by atoms with Gasteiger partial charge in [-0.2, -0.15) is 0 Å². The average molecular weight is 495 g/mol. The molecule has 0 radical (unpaired) electrons. The smallest absolute Gasteiger partial charge is 0.138 e. The van der Waals surface area contributed by atoms with Gasteiger partial charge in [0.25, 0.3) is 0 Å². The van der Waals surface area contributed by atoms with E-state index in [9.17, 15) is 0 Å². The number of hydrogen-bond acceptors (Lipinski definition) is 3. The summed E-state index contributed by atoms with van der Waals surface area (Å²) in [6.45, 7) is 4.40. The lowest BCUT2D eigenvalue weighted by molar-refractivity contribution is 0.313. The van der Waals surface area contributed by atoms with Crippen molar-refractivity contribution < 1.29 is 0 Å². The van der Waals surface area contributed by atoms with Crippen LogP contribution < -0.4 is 4.90 Å². The van der Waals surface area contributed by atoms with Crippen LogP contribution in [0.2, 0.25) is 0 Å². The zero-order valence-corrected chi connectivity index (χ0v) is 21.6. The number of aromatic amines is 1. The van der Waals surface area contributed by atoms with Gasteiger partial charge >= 0.3 is 0 Å². The maximum Gasteiger partial charge on any atom is 0.138 e. The number of H-pyrrole nitrogens is 1. The van der Waals surface area contributed by atoms with Crippen molar-refractivity contribution in [2.24, 2.45) is 0 Å². The molecule has 4 nitrogen and oxygen atoms in total. The van der Waals surface area contributed by atoms with Crippen LogP contribution in [0.15, 0.2) is 109 Å². The summed E-state index contributed by atoms with van der Waals surface area (Å²) in [5, 5.41) is 2.38. The Morgan fingerprint density at radius 3 is 2.03 bits per heavy atom. The van der Waals surface area contributed by atoms with E-state index in [1.807, 2.05) is 6.20 Å². The first kappa shape index (κ1) is 22.8. The van der Waals surface area contributed by atoms with Gasteiger partial charge in [0, 0.05) is 54.4 Å². The molecule has 0 spiro atoms. The van der Waals surface area contributed by atoms with E-state index in [0.29, 0.717) is 0 Å². The van der Waals surface area contributed by atoms with Gasteiger partial charge in [-0.1, -0.05) is 72.8 Å². The normalized spacial score (nSPS) is 14.4. The molecule has 186 valence electrons. The number of piperazine rings is 1. The van der Waals surface area contributed by atoms with Crippen molar-refractivity contribution in [3.05, 3.63) is 109 Å². The number of nitrogens with zero attached hydrogens (tertiary/aromatic N) is 3. The summed E-state index contributed by atoms with van der Waals surface area (Å²) < 4.78 is 0. The second-order valence-corrected chi connectivity index (χ2v) is 10.2. The Balaban J connectivity index is 1.25. The fourth-order valence-corrected chi connectivity index (χ4v) is 5.64. The summed E-state index contributed by atoms with van der Waals surface area (Å²) in [5.41, 5.74) is 10.6. The van der Waals surface area contributed by atoms with E-state index in [0.717, 1.165) is 37.3 Å². The average Bonchev–Trinajstić information content (AvgIpc) is 3.36. The van der Waals surface area contributed by atoms with Crippen molar-refractivity contribution in [3.63, 3.8) is 0 Å². The highest BCUT2D eigenvalue weighted by Crippen LogP contribution is 2.36. The Bertz CT molecular complexity index is 1710. The van der Waals surface area contributed by atoms with Gasteiger partial charge in [-0.3, -0.25) is 0 Å². The van der Waals surface area contributed by atoms with E-state index in [1.165, 1.54) is 49.8 Å². The molecule has 1 N–H and O–H groups in total. The lowest BCUT2D eigenvalue weighted by atomic mass is 9.97. The van der Waals surface area contributed by atoms with E-state index in [1.54, 1.807) is 0 Å². The summed E-state index contributed by atoms with van der Waals surface area (Å²) in [7, 11) is 2.20. The number of rotatable bonds is 4. The molecule has 4 aromatic carbocycles. The van der Waals surface area contributed by atoms with Gasteiger partial charge in [0.2, 0.25) is 0 Å². The van der Waals surface area contributed by atoms with Crippen LogP contribution in [-0.2, 0) is 0 Å². The fourth-order valence-electron chi connectivity index (χ4n) is 5.64. The molecule has 0 unspecified atom stereocenters. The highest BCUT2D eigenvalue weighted by Gasteiger charge is 2.15. The molecule has 0 amide bonds. The molecular formula is C34H30N4. The third kappa shape index (κ3) is 4.13. The molecule has 3 heterocycles. The molecule has 2 aromatic heterocycles. The minimum atomic E-state index is 0.923. The van der Waals surface area contributed by atoms with Gasteiger partial charge in [0.1, 0.15) is 5.65 Å². The molecule has 0 aliphatic carbocycles. The van der Waals surface area contributed by atoms with Gasteiger partial charge < -0.3 is 14.8 Å². The standard InChI is InChI=1S/C34H30N4/c1-37-19-21-38(22-20-37)29-14-11-26(12-15-29)28-13-16-32-31(23-28)33-30(17-18-35-34(33)36-32)27-9-7-25(8-10-27)24-5-3-2-4-6-24/h2-18,23H,19-22H2,1H3,(H,35,36). The van der Waals surface area contributed by atoms with Crippen LogP contribution in [0.5, 0.6) is 0 Å². The molecule has 1 saturated heterocycles. The summed E-state index contributed by atoms with van der Waals surface area (Å²) >= 11 is 0. The maximum absolute atomic E-state index is 4.68. The van der Waals surface area contributed by atoms with E-state index in [2.05, 4.69) is 130 Å². The zero-order valence-electron chi connectivity index (χ0n) is 21.6. The number of fused-ring (bicyclic) bond motifs is 3. The van der Waals surface area contributed by atoms with Gasteiger partial charge in [-0.25, -0.2) is 4.98 Å². The summed E-state index contributed by atoms with van der Waals surface area (Å²) in [6, 6.07) is 37.2. The van der Waals surface area contributed by atoms with Crippen LogP contribution in [-0.4, -0.2) is 48.1 Å². The molecule has 4 heteroatoms. The number of hydrogen-bond donors (Lipinski definition) is 1. The Morgan fingerprint density at radius 1 is 0.632 bits per heavy atom. The van der Waals surface area contributed by atoms with Crippen LogP contribution in [0.3, 0.4) is 0 Å². The predicted molar refractivity (Wildman–Crippen MR) is 160 cm³/mol. The molecule has 1 fully saturated rings. The maximum atomic E-state index is 4.68. The molecule has 6 aromatic rings. The van der Waals surface area contributed by atoms with Crippen LogP contribution in [0.1, 0.15) is 0 Å². The molecule has 0 bridgehead atoms. The molecule has 1 aliphatic rings. The largest absolute Gasteiger partial charge is 0.369 e. The van der Waals surface area contributed by atoms with Crippen LogP contribution >= 0.6 is 0 Å². The third-order valence-corrected chi connectivity index (χ3v) is 7.87. The first-order valence-corrected chi connectivity index (χ1v) is 13.3. The van der Waals surface area contributed by atoms with Gasteiger partial charge in [0.05, 0.1) is 0 Å². The van der Waals surface area contributed by atoms with Crippen LogP contribution in [0, 0.1) is 0 Å². The minimum absolute atomic E-state index is 0.923. The van der Waals surface area contributed by atoms with Gasteiger partial charge in [-0.15, -0.1) is 0 Å². The quantitative estimate of drug-likeness (QED) is 0.276. The van der Waals surface area contributed by atoms with E-state index in [4.69, 9.17) is 0 Å². The number of anilines is 1. The predicted octanol–water partition coefficient (Wildman–Crippen LogP) is 7.47. The molecule has 1 aliphatic heterocycles. The van der Waals surface area contributed by atoms with Crippen molar-refractivity contribution in [1.82, 2.24) is 14.9 Å². The number of pyridine rings is 1. The SMILES string of the molecule is CN1CCN(c2ccc(-c3ccc4[nH]c5nccc(-c6ccc(-c7ccccc7)cc6)c5c4c3)cc2)CC1. The molecule has 0 saturated carbocycles. The van der Waals surface area contributed by atoms with Crippen LogP contribution in [0.4, 0.5) is 5.69 Å². The third-order valence-electron chi connectivity index (χ3n) is 7.87. The Kier molecular flexibility index (Phi) is 5.67. The highest BCUT2D eigenvalue weighted by molar-refractivity contribution is 6.13. The highest BCUT2D eigenvalue weighted by atomic mass is 15.2. The topological polar surface area (TPSA) is 35.2 Å². The Labute approximate surface area is 223 Å². The Hall–Kier alpha value is -4.41. The molecule has 38 heavy (non-hydrogen) atoms. The first-order chi connectivity index (χ1) is 18.7. The van der Waals surface area contributed by atoms with Gasteiger partial charge in [-0.05, 0) is 70.8 Å². The van der Waals surface area contributed by atoms with Crippen molar-refractivity contribution in [1.29, 1.82) is 0 Å². The first-order valence-electron chi connectivity index (χ1n) is 13.3. The summed E-state index contributed by atoms with van der Waals surface area (Å²) in [6.07, 6.45) is 1.90. The van der Waals surface area contributed by atoms with E-state index in [-0.39, 0.29) is 0 Å². The molecule has 0 atom stereocenters. The lowest BCUT2D eigenvalue weighted by Gasteiger charge is -2.34. The number of benzene rings is 4. The summed E-state index contributed by atoms with van der Waals surface area (Å²) in [4.78, 5) is 13.1. The Morgan fingerprint density at radius 2 is 1.26 bits per heavy atom. The van der Waals surface area contributed by atoms with E-state index >= 15 is 0 Å². The second-order valence-electron chi connectivity index (χ2n) is 10.2. The van der Waals surface area contributed by atoms with Crippen molar-refractivity contribution in [2.75, 3.05) is 38.1 Å². The summed E-state index contributed by atoms with van der Waals surface area (Å²) in [5.74, 6) is 0. The van der Waals surface area contributed by atoms with Gasteiger partial charge in [0.15, 0.2) is 0 Å². The molecule has 7 rings (SSSR count). The number of aromatic nitrogens is 2. The monoisotopic (exact) mass is 494 g/mol. The van der Waals surface area contributed by atoms with E-state index < -0.39 is 0 Å². The second kappa shape index (κ2) is 9.47. The van der Waals surface area contributed by atoms with Crippen molar-refractivity contribution in [3.8, 4) is 33.4 Å². The minimum Gasteiger partial charge on any atom is -0.369 e. The lowest BCUT2D eigenvalue weighted by Crippen LogP contribution is -2.44. The molecular weight excluding hydrogens is 464 g/mol. The zero-order chi connectivity index (χ0) is 25.5. The fraction of sp³-hybridized carbons (Fsp3) is 0.147.